The number of hydrogen-bond acceptors (Lipinski definition) is 1. The van der Waals surface area contributed by atoms with Crippen LogP contribution in [-0.2, 0) is 11.2 Å². The summed E-state index contributed by atoms with van der Waals surface area (Å²) < 4.78 is 5.71. The van der Waals surface area contributed by atoms with E-state index in [2.05, 4.69) is 25.1 Å². The predicted molar refractivity (Wildman–Crippen MR) is 52.0 cm³/mol. The number of aryl methyl sites for hydroxylation is 1. The molecule has 0 amide bonds. The van der Waals surface area contributed by atoms with Crippen molar-refractivity contribution in [1.29, 1.82) is 0 Å². The molecule has 1 saturated heterocycles. The lowest BCUT2D eigenvalue weighted by Gasteiger charge is -2.10. The Bertz CT molecular complexity index is 343. The summed E-state index contributed by atoms with van der Waals surface area (Å²) in [5.41, 5.74) is 4.57. The number of hydrogen-bond donors (Lipinski definition) is 0. The standard InChI is InChI=1S/C12H14O/c1-8-3-2-4-9-7-11-10(12(8)9)5-6-13-11/h2-4,10-11H,5-7H2,1H3. The van der Waals surface area contributed by atoms with E-state index in [0.29, 0.717) is 12.0 Å². The van der Waals surface area contributed by atoms with E-state index in [1.807, 2.05) is 0 Å². The number of rotatable bonds is 0. The monoisotopic (exact) mass is 174 g/mol. The van der Waals surface area contributed by atoms with Gasteiger partial charge in [-0.1, -0.05) is 18.2 Å². The zero-order valence-electron chi connectivity index (χ0n) is 7.92. The highest BCUT2D eigenvalue weighted by atomic mass is 16.5. The van der Waals surface area contributed by atoms with Crippen LogP contribution in [0.3, 0.4) is 0 Å². The SMILES string of the molecule is Cc1cccc2c1C1CCOC1C2. The van der Waals surface area contributed by atoms with Gasteiger partial charge in [0.2, 0.25) is 0 Å². The van der Waals surface area contributed by atoms with Crippen LogP contribution in [0, 0.1) is 6.92 Å². The molecule has 1 aromatic rings. The predicted octanol–water partition coefficient (Wildman–Crippen LogP) is 2.42. The van der Waals surface area contributed by atoms with E-state index < -0.39 is 0 Å². The largest absolute Gasteiger partial charge is 0.377 e. The molecule has 1 nitrogen and oxygen atoms in total. The lowest BCUT2D eigenvalue weighted by Crippen LogP contribution is -2.08. The van der Waals surface area contributed by atoms with Crippen molar-refractivity contribution in [1.82, 2.24) is 0 Å². The second-order valence-corrected chi connectivity index (χ2v) is 4.16. The summed E-state index contributed by atoms with van der Waals surface area (Å²) in [6.07, 6.45) is 2.86. The van der Waals surface area contributed by atoms with E-state index in [9.17, 15) is 0 Å². The van der Waals surface area contributed by atoms with Crippen LogP contribution in [0.1, 0.15) is 29.0 Å². The lowest BCUT2D eigenvalue weighted by atomic mass is 9.94. The summed E-state index contributed by atoms with van der Waals surface area (Å²) in [7, 11) is 0. The van der Waals surface area contributed by atoms with Crippen molar-refractivity contribution >= 4 is 0 Å². The molecule has 2 atom stereocenters. The third-order valence-electron chi connectivity index (χ3n) is 3.42. The normalized spacial score (nSPS) is 30.2. The minimum Gasteiger partial charge on any atom is -0.377 e. The van der Waals surface area contributed by atoms with Crippen LogP contribution in [0.5, 0.6) is 0 Å². The van der Waals surface area contributed by atoms with Gasteiger partial charge in [-0.2, -0.15) is 0 Å². The Hall–Kier alpha value is -0.820. The summed E-state index contributed by atoms with van der Waals surface area (Å²) in [4.78, 5) is 0. The van der Waals surface area contributed by atoms with Crippen molar-refractivity contribution in [3.63, 3.8) is 0 Å². The number of benzene rings is 1. The third kappa shape index (κ3) is 0.969. The molecule has 1 heteroatoms. The Balaban J connectivity index is 2.14. The zero-order chi connectivity index (χ0) is 8.84. The van der Waals surface area contributed by atoms with Crippen molar-refractivity contribution in [3.8, 4) is 0 Å². The van der Waals surface area contributed by atoms with Crippen LogP contribution >= 0.6 is 0 Å². The third-order valence-corrected chi connectivity index (χ3v) is 3.42. The Morgan fingerprint density at radius 2 is 2.31 bits per heavy atom. The van der Waals surface area contributed by atoms with Gasteiger partial charge in [0, 0.05) is 12.5 Å². The fourth-order valence-corrected chi connectivity index (χ4v) is 2.85. The number of ether oxygens (including phenoxy) is 1. The lowest BCUT2D eigenvalue weighted by molar-refractivity contribution is 0.110. The van der Waals surface area contributed by atoms with Gasteiger partial charge in [0.1, 0.15) is 0 Å². The van der Waals surface area contributed by atoms with E-state index in [0.717, 1.165) is 13.0 Å². The highest BCUT2D eigenvalue weighted by molar-refractivity contribution is 5.43. The maximum absolute atomic E-state index is 5.71. The molecule has 1 aliphatic heterocycles. The average molecular weight is 174 g/mol. The van der Waals surface area contributed by atoms with Gasteiger partial charge < -0.3 is 4.74 Å². The summed E-state index contributed by atoms with van der Waals surface area (Å²) in [5, 5.41) is 0. The molecular weight excluding hydrogens is 160 g/mol. The van der Waals surface area contributed by atoms with Crippen molar-refractivity contribution in [2.24, 2.45) is 0 Å². The molecule has 0 saturated carbocycles. The minimum absolute atomic E-state index is 0.496. The molecular formula is C12H14O. The van der Waals surface area contributed by atoms with Gasteiger partial charge in [-0.25, -0.2) is 0 Å². The first-order valence-corrected chi connectivity index (χ1v) is 5.06. The van der Waals surface area contributed by atoms with E-state index >= 15 is 0 Å². The molecule has 1 heterocycles. The fourth-order valence-electron chi connectivity index (χ4n) is 2.85. The molecule has 2 unspecified atom stereocenters. The molecule has 1 aliphatic carbocycles. The van der Waals surface area contributed by atoms with Gasteiger partial charge in [-0.15, -0.1) is 0 Å². The van der Waals surface area contributed by atoms with E-state index in [-0.39, 0.29) is 0 Å². The van der Waals surface area contributed by atoms with Crippen LogP contribution in [0.25, 0.3) is 0 Å². The summed E-state index contributed by atoms with van der Waals surface area (Å²) >= 11 is 0. The molecule has 68 valence electrons. The highest BCUT2D eigenvalue weighted by Gasteiger charge is 2.37. The highest BCUT2D eigenvalue weighted by Crippen LogP contribution is 2.42. The molecule has 1 aromatic carbocycles. The molecule has 13 heavy (non-hydrogen) atoms. The van der Waals surface area contributed by atoms with Crippen molar-refractivity contribution in [2.45, 2.75) is 31.8 Å². The van der Waals surface area contributed by atoms with Crippen LogP contribution in [0.15, 0.2) is 18.2 Å². The van der Waals surface area contributed by atoms with Gasteiger partial charge in [0.25, 0.3) is 0 Å². The topological polar surface area (TPSA) is 9.23 Å². The molecule has 0 bridgehead atoms. The van der Waals surface area contributed by atoms with E-state index in [1.54, 1.807) is 5.56 Å². The molecule has 2 aliphatic rings. The van der Waals surface area contributed by atoms with Crippen LogP contribution in [-0.4, -0.2) is 12.7 Å². The Kier molecular flexibility index (Phi) is 1.50. The smallest absolute Gasteiger partial charge is 0.0685 e. The summed E-state index contributed by atoms with van der Waals surface area (Å²) in [6, 6.07) is 6.64. The van der Waals surface area contributed by atoms with Crippen LogP contribution in [0.4, 0.5) is 0 Å². The Labute approximate surface area is 78.7 Å². The molecule has 3 rings (SSSR count). The van der Waals surface area contributed by atoms with Gasteiger partial charge in [0.15, 0.2) is 0 Å². The molecule has 1 fully saturated rings. The average Bonchev–Trinajstić information content (AvgIpc) is 2.62. The molecule has 0 aromatic heterocycles. The van der Waals surface area contributed by atoms with Gasteiger partial charge in [0.05, 0.1) is 6.10 Å². The summed E-state index contributed by atoms with van der Waals surface area (Å²) in [5.74, 6) is 0.705. The minimum atomic E-state index is 0.496. The van der Waals surface area contributed by atoms with Crippen molar-refractivity contribution < 1.29 is 4.74 Å². The first-order valence-electron chi connectivity index (χ1n) is 5.06. The zero-order valence-corrected chi connectivity index (χ0v) is 7.92. The Morgan fingerprint density at radius 1 is 1.38 bits per heavy atom. The Morgan fingerprint density at radius 3 is 3.23 bits per heavy atom. The van der Waals surface area contributed by atoms with Crippen LogP contribution < -0.4 is 0 Å². The second-order valence-electron chi connectivity index (χ2n) is 4.16. The maximum Gasteiger partial charge on any atom is 0.0685 e. The summed E-state index contributed by atoms with van der Waals surface area (Å²) in [6.45, 7) is 3.18. The maximum atomic E-state index is 5.71. The quantitative estimate of drug-likeness (QED) is 0.587. The number of fused-ring (bicyclic) bond motifs is 3. The van der Waals surface area contributed by atoms with Gasteiger partial charge in [-0.05, 0) is 36.5 Å². The second kappa shape index (κ2) is 2.58. The van der Waals surface area contributed by atoms with Crippen LogP contribution in [0.2, 0.25) is 0 Å². The molecule has 0 radical (unpaired) electrons. The first kappa shape index (κ1) is 7.57. The fraction of sp³-hybridized carbons (Fsp3) is 0.500. The van der Waals surface area contributed by atoms with Crippen molar-refractivity contribution in [2.75, 3.05) is 6.61 Å². The van der Waals surface area contributed by atoms with Gasteiger partial charge >= 0.3 is 0 Å². The molecule has 0 N–H and O–H groups in total. The van der Waals surface area contributed by atoms with E-state index in [1.165, 1.54) is 17.5 Å². The molecule has 0 spiro atoms. The van der Waals surface area contributed by atoms with E-state index in [4.69, 9.17) is 4.74 Å². The van der Waals surface area contributed by atoms with Crippen molar-refractivity contribution in [3.05, 3.63) is 34.9 Å². The van der Waals surface area contributed by atoms with Gasteiger partial charge in [-0.3, -0.25) is 0 Å². The first-order chi connectivity index (χ1) is 6.36.